The Morgan fingerprint density at radius 2 is 1.80 bits per heavy atom. The molecule has 2 N–H and O–H groups in total. The molecular weight excluding hydrogens is 278 g/mol. The van der Waals surface area contributed by atoms with E-state index in [0.717, 1.165) is 0 Å². The molecule has 7 heteroatoms. The summed E-state index contributed by atoms with van der Waals surface area (Å²) in [7, 11) is -3.69. The summed E-state index contributed by atoms with van der Waals surface area (Å²) in [5, 5.41) is 6.51. The first kappa shape index (κ1) is 14.3. The maximum Gasteiger partial charge on any atom is 0.265 e. The Labute approximate surface area is 117 Å². The van der Waals surface area contributed by atoms with Gasteiger partial charge < -0.3 is 0 Å². The minimum absolute atomic E-state index is 0.0686. The molecule has 1 aromatic carbocycles. The van der Waals surface area contributed by atoms with Crippen molar-refractivity contribution in [1.29, 1.82) is 0 Å². The van der Waals surface area contributed by atoms with Gasteiger partial charge in [0.25, 0.3) is 10.0 Å². The predicted octanol–water partition coefficient (Wildman–Crippen LogP) is 2.03. The lowest BCUT2D eigenvalue weighted by atomic mass is 10.1. The molecule has 0 bridgehead atoms. The molecular formula is C13H15N3O3S. The zero-order valence-electron chi connectivity index (χ0n) is 11.4. The highest BCUT2D eigenvalue weighted by Gasteiger charge is 2.22. The van der Waals surface area contributed by atoms with E-state index in [1.54, 1.807) is 38.1 Å². The number of aryl methyl sites for hydroxylation is 2. The van der Waals surface area contributed by atoms with Gasteiger partial charge in [-0.05, 0) is 45.0 Å². The molecule has 0 fully saturated rings. The number of hydrogen-bond acceptors (Lipinski definition) is 4. The average molecular weight is 293 g/mol. The largest absolute Gasteiger partial charge is 0.295 e. The van der Waals surface area contributed by atoms with Gasteiger partial charge in [0.15, 0.2) is 5.78 Å². The van der Waals surface area contributed by atoms with Crippen molar-refractivity contribution < 1.29 is 13.2 Å². The summed E-state index contributed by atoms with van der Waals surface area (Å²) in [4.78, 5) is 11.3. The highest BCUT2D eigenvalue weighted by Crippen LogP contribution is 2.21. The van der Waals surface area contributed by atoms with Gasteiger partial charge in [-0.3, -0.25) is 14.6 Å². The van der Waals surface area contributed by atoms with Crippen LogP contribution in [0.1, 0.15) is 28.7 Å². The van der Waals surface area contributed by atoms with Crippen molar-refractivity contribution in [2.24, 2.45) is 0 Å². The minimum atomic E-state index is -3.69. The zero-order chi connectivity index (χ0) is 14.9. The predicted molar refractivity (Wildman–Crippen MR) is 75.3 cm³/mol. The van der Waals surface area contributed by atoms with Crippen LogP contribution in [0.4, 0.5) is 5.69 Å². The number of nitrogens with one attached hydrogen (secondary N) is 2. The van der Waals surface area contributed by atoms with Gasteiger partial charge in [0.05, 0.1) is 11.4 Å². The summed E-state index contributed by atoms with van der Waals surface area (Å²) < 4.78 is 27.0. The number of benzene rings is 1. The van der Waals surface area contributed by atoms with Crippen LogP contribution in [-0.2, 0) is 10.0 Å². The molecule has 0 spiro atoms. The van der Waals surface area contributed by atoms with Crippen LogP contribution in [0.2, 0.25) is 0 Å². The van der Waals surface area contributed by atoms with Gasteiger partial charge in [0.1, 0.15) is 4.90 Å². The van der Waals surface area contributed by atoms with Gasteiger partial charge >= 0.3 is 0 Å². The lowest BCUT2D eigenvalue weighted by Gasteiger charge is -2.08. The topological polar surface area (TPSA) is 91.9 Å². The SMILES string of the molecule is CC(=O)c1ccc(NS(=O)(=O)c2c(C)n[nH]c2C)cc1. The Balaban J connectivity index is 2.31. The van der Waals surface area contributed by atoms with Gasteiger partial charge in [0.2, 0.25) is 0 Å². The summed E-state index contributed by atoms with van der Waals surface area (Å²) in [5.41, 5.74) is 1.82. The van der Waals surface area contributed by atoms with Crippen molar-refractivity contribution in [2.45, 2.75) is 25.7 Å². The van der Waals surface area contributed by atoms with E-state index in [0.29, 0.717) is 22.6 Å². The van der Waals surface area contributed by atoms with Gasteiger partial charge in [-0.1, -0.05) is 0 Å². The number of aromatic amines is 1. The highest BCUT2D eigenvalue weighted by molar-refractivity contribution is 7.92. The number of hydrogen-bond donors (Lipinski definition) is 2. The summed E-state index contributed by atoms with van der Waals surface area (Å²) in [6.07, 6.45) is 0. The van der Waals surface area contributed by atoms with Gasteiger partial charge in [-0.25, -0.2) is 8.42 Å². The zero-order valence-corrected chi connectivity index (χ0v) is 12.2. The van der Waals surface area contributed by atoms with E-state index in [-0.39, 0.29) is 10.7 Å². The molecule has 0 saturated carbocycles. The molecule has 106 valence electrons. The summed E-state index contributed by atoms with van der Waals surface area (Å²) >= 11 is 0. The van der Waals surface area contributed by atoms with E-state index in [1.165, 1.54) is 6.92 Å². The maximum atomic E-state index is 12.3. The fraction of sp³-hybridized carbons (Fsp3) is 0.231. The first-order valence-electron chi connectivity index (χ1n) is 5.96. The smallest absolute Gasteiger partial charge is 0.265 e. The van der Waals surface area contributed by atoms with Crippen molar-refractivity contribution in [1.82, 2.24) is 10.2 Å². The Morgan fingerprint density at radius 1 is 1.20 bits per heavy atom. The number of nitrogens with zero attached hydrogens (tertiary/aromatic N) is 1. The normalized spacial score (nSPS) is 11.3. The first-order chi connectivity index (χ1) is 9.31. The van der Waals surface area contributed by atoms with E-state index in [9.17, 15) is 13.2 Å². The second-order valence-corrected chi connectivity index (χ2v) is 6.12. The minimum Gasteiger partial charge on any atom is -0.295 e. The molecule has 2 rings (SSSR count). The van der Waals surface area contributed by atoms with Crippen LogP contribution < -0.4 is 4.72 Å². The van der Waals surface area contributed by atoms with Crippen LogP contribution in [0.5, 0.6) is 0 Å². The molecule has 0 aliphatic carbocycles. The molecule has 0 unspecified atom stereocenters. The number of anilines is 1. The molecule has 6 nitrogen and oxygen atoms in total. The second kappa shape index (κ2) is 5.09. The third kappa shape index (κ3) is 2.72. The van der Waals surface area contributed by atoms with Crippen molar-refractivity contribution in [2.75, 3.05) is 4.72 Å². The van der Waals surface area contributed by atoms with Crippen LogP contribution in [-0.4, -0.2) is 24.4 Å². The molecule has 0 aliphatic rings. The van der Waals surface area contributed by atoms with Gasteiger partial charge in [-0.15, -0.1) is 0 Å². The van der Waals surface area contributed by atoms with Crippen LogP contribution >= 0.6 is 0 Å². The molecule has 2 aromatic rings. The Hall–Kier alpha value is -2.15. The molecule has 0 atom stereocenters. The van der Waals surface area contributed by atoms with E-state index < -0.39 is 10.0 Å². The Morgan fingerprint density at radius 3 is 2.25 bits per heavy atom. The van der Waals surface area contributed by atoms with Crippen LogP contribution in [0.15, 0.2) is 29.2 Å². The number of carbonyl (C=O) groups is 1. The van der Waals surface area contributed by atoms with E-state index >= 15 is 0 Å². The second-order valence-electron chi connectivity index (χ2n) is 4.50. The standard InChI is InChI=1S/C13H15N3O3S/c1-8-13(9(2)15-14-8)20(18,19)16-12-6-4-11(5-7-12)10(3)17/h4-7,16H,1-3H3,(H,14,15). The summed E-state index contributed by atoms with van der Waals surface area (Å²) in [5.74, 6) is -0.0686. The quantitative estimate of drug-likeness (QED) is 0.844. The molecule has 0 radical (unpaired) electrons. The van der Waals surface area contributed by atoms with Gasteiger partial charge in [0, 0.05) is 11.3 Å². The van der Waals surface area contributed by atoms with Crippen LogP contribution in [0.3, 0.4) is 0 Å². The van der Waals surface area contributed by atoms with Crippen molar-refractivity contribution in [3.63, 3.8) is 0 Å². The molecule has 0 saturated heterocycles. The summed E-state index contributed by atoms with van der Waals surface area (Å²) in [6.45, 7) is 4.72. The first-order valence-corrected chi connectivity index (χ1v) is 7.45. The third-order valence-electron chi connectivity index (χ3n) is 2.87. The summed E-state index contributed by atoms with van der Waals surface area (Å²) in [6, 6.07) is 6.27. The number of Topliss-reactive ketones (excluding diaryl/α,β-unsaturated/α-hetero) is 1. The fourth-order valence-electron chi connectivity index (χ4n) is 1.92. The van der Waals surface area contributed by atoms with E-state index in [1.807, 2.05) is 0 Å². The molecule has 0 amide bonds. The van der Waals surface area contributed by atoms with Crippen molar-refractivity contribution >= 4 is 21.5 Å². The molecule has 20 heavy (non-hydrogen) atoms. The van der Waals surface area contributed by atoms with Gasteiger partial charge in [-0.2, -0.15) is 5.10 Å². The highest BCUT2D eigenvalue weighted by atomic mass is 32.2. The number of H-pyrrole nitrogens is 1. The van der Waals surface area contributed by atoms with Crippen LogP contribution in [0, 0.1) is 13.8 Å². The lowest BCUT2D eigenvalue weighted by molar-refractivity contribution is 0.101. The molecule has 1 heterocycles. The van der Waals surface area contributed by atoms with Crippen molar-refractivity contribution in [3.05, 3.63) is 41.2 Å². The Bertz CT molecular complexity index is 726. The van der Waals surface area contributed by atoms with E-state index in [2.05, 4.69) is 14.9 Å². The number of ketones is 1. The fourth-order valence-corrected chi connectivity index (χ4v) is 3.35. The lowest BCUT2D eigenvalue weighted by Crippen LogP contribution is -2.14. The number of aromatic nitrogens is 2. The Kier molecular flexibility index (Phi) is 3.63. The molecule has 0 aliphatic heterocycles. The number of carbonyl (C=O) groups excluding carboxylic acids is 1. The monoisotopic (exact) mass is 293 g/mol. The third-order valence-corrected chi connectivity index (χ3v) is 4.52. The van der Waals surface area contributed by atoms with E-state index in [4.69, 9.17) is 0 Å². The number of sulfonamides is 1. The van der Waals surface area contributed by atoms with Crippen LogP contribution in [0.25, 0.3) is 0 Å². The maximum absolute atomic E-state index is 12.3. The van der Waals surface area contributed by atoms with Crippen molar-refractivity contribution in [3.8, 4) is 0 Å². The average Bonchev–Trinajstić information content (AvgIpc) is 2.69. The number of rotatable bonds is 4. The molecule has 1 aromatic heterocycles.